The van der Waals surface area contributed by atoms with Gasteiger partial charge in [-0.15, -0.1) is 0 Å². The largest absolute Gasteiger partial charge is 0.465 e. The number of carbonyl (C=O) groups is 3. The number of hydrogen-bond acceptors (Lipinski definition) is 5. The molecule has 1 aromatic heterocycles. The lowest BCUT2D eigenvalue weighted by Crippen LogP contribution is -2.30. The molecule has 0 spiro atoms. The first-order valence-electron chi connectivity index (χ1n) is 8.29. The number of esters is 2. The Hall–Kier alpha value is -2.80. The zero-order valence-electron chi connectivity index (χ0n) is 15.3. The Kier molecular flexibility index (Phi) is 7.01. The minimum Gasteiger partial charge on any atom is -0.465 e. The van der Waals surface area contributed by atoms with E-state index in [0.717, 1.165) is 5.56 Å². The zero-order valence-corrected chi connectivity index (χ0v) is 16.1. The molecule has 2 aromatic rings. The highest BCUT2D eigenvalue weighted by atomic mass is 35.5. The van der Waals surface area contributed by atoms with Crippen molar-refractivity contribution in [1.82, 2.24) is 10.3 Å². The van der Waals surface area contributed by atoms with Crippen LogP contribution in [0.4, 0.5) is 0 Å². The molecule has 2 rings (SSSR count). The van der Waals surface area contributed by atoms with Crippen molar-refractivity contribution >= 4 is 29.4 Å². The minimum atomic E-state index is -0.710. The predicted molar refractivity (Wildman–Crippen MR) is 100 cm³/mol. The zero-order chi connectivity index (χ0) is 20.0. The molecule has 2 N–H and O–H groups in total. The molecule has 0 aliphatic rings. The van der Waals surface area contributed by atoms with E-state index < -0.39 is 24.5 Å². The molecule has 1 heterocycles. The maximum atomic E-state index is 12.2. The van der Waals surface area contributed by atoms with Gasteiger partial charge in [-0.3, -0.25) is 4.79 Å². The average Bonchev–Trinajstić information content (AvgIpc) is 2.95. The van der Waals surface area contributed by atoms with Crippen molar-refractivity contribution in [3.05, 3.63) is 57.4 Å². The summed E-state index contributed by atoms with van der Waals surface area (Å²) in [5.74, 6) is -1.66. The molecule has 1 amide bonds. The quantitative estimate of drug-likeness (QED) is 0.706. The lowest BCUT2D eigenvalue weighted by atomic mass is 10.1. The maximum Gasteiger partial charge on any atom is 0.355 e. The number of methoxy groups -OCH3 is 1. The Balaban J connectivity index is 1.83. The van der Waals surface area contributed by atoms with Crippen LogP contribution >= 0.6 is 11.6 Å². The predicted octanol–water partition coefficient (Wildman–Crippen LogP) is 2.59. The highest BCUT2D eigenvalue weighted by Crippen LogP contribution is 2.19. The molecular weight excluding hydrogens is 372 g/mol. The van der Waals surface area contributed by atoms with E-state index in [1.165, 1.54) is 7.11 Å². The van der Waals surface area contributed by atoms with Gasteiger partial charge in [0.05, 0.1) is 12.7 Å². The van der Waals surface area contributed by atoms with Crippen molar-refractivity contribution in [1.29, 1.82) is 0 Å². The molecule has 0 aliphatic carbocycles. The fourth-order valence-corrected chi connectivity index (χ4v) is 2.74. The molecule has 27 heavy (non-hydrogen) atoms. The number of benzene rings is 1. The van der Waals surface area contributed by atoms with Crippen molar-refractivity contribution in [3.8, 4) is 0 Å². The lowest BCUT2D eigenvalue weighted by Gasteiger charge is -2.07. The van der Waals surface area contributed by atoms with Crippen molar-refractivity contribution < 1.29 is 23.9 Å². The van der Waals surface area contributed by atoms with E-state index in [4.69, 9.17) is 21.1 Å². The van der Waals surface area contributed by atoms with Crippen LogP contribution in [-0.2, 0) is 20.7 Å². The number of hydrogen-bond donors (Lipinski definition) is 2. The van der Waals surface area contributed by atoms with Crippen LogP contribution < -0.4 is 5.32 Å². The van der Waals surface area contributed by atoms with Crippen LogP contribution in [0.1, 0.15) is 37.7 Å². The SMILES string of the molecule is COC(=O)c1c(C)[nH]c(C(=O)OCC(=O)NCCc2ccc(Cl)cc2)c1C. The molecule has 0 aliphatic heterocycles. The monoisotopic (exact) mass is 392 g/mol. The Morgan fingerprint density at radius 3 is 2.41 bits per heavy atom. The number of aryl methyl sites for hydroxylation is 1. The number of rotatable bonds is 7. The number of halogens is 1. The van der Waals surface area contributed by atoms with Gasteiger partial charge in [-0.05, 0) is 43.5 Å². The van der Waals surface area contributed by atoms with E-state index in [1.54, 1.807) is 26.0 Å². The summed E-state index contributed by atoms with van der Waals surface area (Å²) in [6.07, 6.45) is 0.633. The molecule has 0 unspecified atom stereocenters. The molecule has 144 valence electrons. The van der Waals surface area contributed by atoms with Gasteiger partial charge in [0.1, 0.15) is 5.69 Å². The summed E-state index contributed by atoms with van der Waals surface area (Å²) < 4.78 is 9.71. The highest BCUT2D eigenvalue weighted by molar-refractivity contribution is 6.30. The van der Waals surface area contributed by atoms with Gasteiger partial charge in [0.15, 0.2) is 6.61 Å². The van der Waals surface area contributed by atoms with E-state index in [-0.39, 0.29) is 11.3 Å². The Morgan fingerprint density at radius 1 is 1.11 bits per heavy atom. The third-order valence-corrected chi connectivity index (χ3v) is 4.27. The Bertz CT molecular complexity index is 843. The summed E-state index contributed by atoms with van der Waals surface area (Å²) in [6, 6.07) is 7.32. The van der Waals surface area contributed by atoms with Crippen molar-refractivity contribution in [3.63, 3.8) is 0 Å². The van der Waals surface area contributed by atoms with Crippen LogP contribution in [0.25, 0.3) is 0 Å². The summed E-state index contributed by atoms with van der Waals surface area (Å²) in [6.45, 7) is 3.26. The van der Waals surface area contributed by atoms with E-state index in [2.05, 4.69) is 10.3 Å². The van der Waals surface area contributed by atoms with E-state index in [0.29, 0.717) is 29.2 Å². The van der Waals surface area contributed by atoms with Crippen molar-refractivity contribution in [2.24, 2.45) is 0 Å². The molecule has 0 fully saturated rings. The Morgan fingerprint density at radius 2 is 1.78 bits per heavy atom. The van der Waals surface area contributed by atoms with Crippen molar-refractivity contribution in [2.45, 2.75) is 20.3 Å². The average molecular weight is 393 g/mol. The van der Waals surface area contributed by atoms with Crippen molar-refractivity contribution in [2.75, 3.05) is 20.3 Å². The second-order valence-corrected chi connectivity index (χ2v) is 6.36. The molecule has 7 nitrogen and oxygen atoms in total. The molecule has 0 saturated carbocycles. The fourth-order valence-electron chi connectivity index (χ4n) is 2.61. The first-order valence-corrected chi connectivity index (χ1v) is 8.67. The third-order valence-electron chi connectivity index (χ3n) is 4.01. The van der Waals surface area contributed by atoms with Gasteiger partial charge in [0, 0.05) is 17.3 Å². The number of amides is 1. The van der Waals surface area contributed by atoms with Crippen LogP contribution in [0, 0.1) is 13.8 Å². The fraction of sp³-hybridized carbons (Fsp3) is 0.316. The number of H-pyrrole nitrogens is 1. The minimum absolute atomic E-state index is 0.127. The summed E-state index contributed by atoms with van der Waals surface area (Å²) >= 11 is 5.82. The van der Waals surface area contributed by atoms with Crippen LogP contribution in [0.3, 0.4) is 0 Å². The second kappa shape index (κ2) is 9.23. The number of aromatic nitrogens is 1. The highest BCUT2D eigenvalue weighted by Gasteiger charge is 2.23. The number of ether oxygens (including phenoxy) is 2. The first kappa shape index (κ1) is 20.5. The third kappa shape index (κ3) is 5.34. The lowest BCUT2D eigenvalue weighted by molar-refractivity contribution is -0.124. The van der Waals surface area contributed by atoms with Gasteiger partial charge in [-0.25, -0.2) is 9.59 Å². The van der Waals surface area contributed by atoms with E-state index in [9.17, 15) is 14.4 Å². The van der Waals surface area contributed by atoms with Gasteiger partial charge in [-0.2, -0.15) is 0 Å². The van der Waals surface area contributed by atoms with E-state index in [1.807, 2.05) is 12.1 Å². The molecule has 8 heteroatoms. The first-order chi connectivity index (χ1) is 12.8. The van der Waals surface area contributed by atoms with Crippen LogP contribution in [0.15, 0.2) is 24.3 Å². The number of nitrogens with one attached hydrogen (secondary N) is 2. The number of aromatic amines is 1. The second-order valence-electron chi connectivity index (χ2n) is 5.92. The smallest absolute Gasteiger partial charge is 0.355 e. The molecular formula is C19H21ClN2O5. The van der Waals surface area contributed by atoms with Gasteiger partial charge in [-0.1, -0.05) is 23.7 Å². The summed E-state index contributed by atoms with van der Waals surface area (Å²) in [7, 11) is 1.26. The van der Waals surface area contributed by atoms with Crippen LogP contribution in [-0.4, -0.2) is 43.1 Å². The maximum absolute atomic E-state index is 12.2. The number of carbonyl (C=O) groups excluding carboxylic acids is 3. The molecule has 0 saturated heterocycles. The molecule has 0 bridgehead atoms. The van der Waals surface area contributed by atoms with Gasteiger partial charge >= 0.3 is 11.9 Å². The molecule has 0 radical (unpaired) electrons. The van der Waals surface area contributed by atoms with Crippen LogP contribution in [0.2, 0.25) is 5.02 Å². The normalized spacial score (nSPS) is 10.4. The standard InChI is InChI=1S/C19H21ClN2O5/c1-11-16(18(24)26-3)12(2)22-17(11)19(25)27-10-15(23)21-9-8-13-4-6-14(20)7-5-13/h4-7,22H,8-10H2,1-3H3,(H,21,23). The molecule has 1 aromatic carbocycles. The Labute approximate surface area is 162 Å². The summed E-state index contributed by atoms with van der Waals surface area (Å²) in [5, 5.41) is 3.33. The van der Waals surface area contributed by atoms with Gasteiger partial charge < -0.3 is 19.8 Å². The topological polar surface area (TPSA) is 97.5 Å². The van der Waals surface area contributed by atoms with Crippen LogP contribution in [0.5, 0.6) is 0 Å². The summed E-state index contributed by atoms with van der Waals surface area (Å²) in [4.78, 5) is 38.6. The summed E-state index contributed by atoms with van der Waals surface area (Å²) in [5.41, 5.74) is 2.37. The van der Waals surface area contributed by atoms with E-state index >= 15 is 0 Å². The van der Waals surface area contributed by atoms with Gasteiger partial charge in [0.25, 0.3) is 5.91 Å². The molecule has 0 atom stereocenters. The van der Waals surface area contributed by atoms with Gasteiger partial charge in [0.2, 0.25) is 0 Å².